The molecule has 2 atom stereocenters. The molecule has 1 aromatic carbocycles. The summed E-state index contributed by atoms with van der Waals surface area (Å²) in [5.74, 6) is -0.525. The Morgan fingerprint density at radius 3 is 2.91 bits per heavy atom. The van der Waals surface area contributed by atoms with Crippen LogP contribution in [0.15, 0.2) is 34.9 Å². The first kappa shape index (κ1) is 14.9. The molecule has 0 N–H and O–H groups in total. The smallest absolute Gasteiger partial charge is 0.336 e. The van der Waals surface area contributed by atoms with Gasteiger partial charge in [-0.3, -0.25) is 4.79 Å². The topological polar surface area (TPSA) is 55.8 Å². The van der Waals surface area contributed by atoms with Crippen LogP contribution in [-0.4, -0.2) is 37.0 Å². The zero-order valence-electron chi connectivity index (χ0n) is 12.3. The number of carbonyl (C=O) groups excluding carboxylic acids is 2. The van der Waals surface area contributed by atoms with Crippen LogP contribution in [0.3, 0.4) is 0 Å². The van der Waals surface area contributed by atoms with Crippen LogP contribution in [-0.2, 0) is 14.3 Å². The van der Waals surface area contributed by atoms with Gasteiger partial charge in [-0.15, -0.1) is 0 Å². The molecule has 0 fully saturated rings. The van der Waals surface area contributed by atoms with Crippen molar-refractivity contribution in [2.45, 2.75) is 13.0 Å². The number of halogens is 1. The van der Waals surface area contributed by atoms with E-state index in [1.165, 1.54) is 0 Å². The Morgan fingerprint density at radius 1 is 1.45 bits per heavy atom. The van der Waals surface area contributed by atoms with E-state index in [0.717, 1.165) is 11.3 Å². The van der Waals surface area contributed by atoms with Crippen molar-refractivity contribution in [3.63, 3.8) is 0 Å². The second-order valence-corrected chi connectivity index (χ2v) is 5.64. The second kappa shape index (κ2) is 5.65. The Labute approximate surface area is 133 Å². The molecule has 3 rings (SSSR count). The first-order valence-electron chi connectivity index (χ1n) is 7.12. The third-order valence-corrected chi connectivity index (χ3v) is 4.43. The predicted molar refractivity (Wildman–Crippen MR) is 80.5 cm³/mol. The quantitative estimate of drug-likeness (QED) is 0.784. The van der Waals surface area contributed by atoms with Gasteiger partial charge in [0.2, 0.25) is 0 Å². The summed E-state index contributed by atoms with van der Waals surface area (Å²) in [4.78, 5) is 26.2. The molecule has 0 spiro atoms. The lowest BCUT2D eigenvalue weighted by molar-refractivity contribution is -0.142. The van der Waals surface area contributed by atoms with E-state index >= 15 is 0 Å². The average molecular weight is 322 g/mol. The molecule has 1 aromatic rings. The van der Waals surface area contributed by atoms with Crippen LogP contribution in [0.4, 0.5) is 0 Å². The Balaban J connectivity index is 2.11. The summed E-state index contributed by atoms with van der Waals surface area (Å²) in [6.45, 7) is 2.22. The maximum atomic E-state index is 12.4. The highest BCUT2D eigenvalue weighted by Gasteiger charge is 2.46. The summed E-state index contributed by atoms with van der Waals surface area (Å²) >= 11 is 6.14. The van der Waals surface area contributed by atoms with Gasteiger partial charge in [0.25, 0.3) is 5.91 Å². The average Bonchev–Trinajstić information content (AvgIpc) is 2.52. The summed E-state index contributed by atoms with van der Waals surface area (Å²) in [5.41, 5.74) is 1.09. The molecule has 0 radical (unpaired) electrons. The molecule has 0 bridgehead atoms. The van der Waals surface area contributed by atoms with Gasteiger partial charge < -0.3 is 14.4 Å². The van der Waals surface area contributed by atoms with Crippen LogP contribution in [0.1, 0.15) is 18.5 Å². The van der Waals surface area contributed by atoms with Gasteiger partial charge in [-0.25, -0.2) is 4.79 Å². The molecule has 0 aliphatic carbocycles. The Kier molecular flexibility index (Phi) is 3.83. The molecule has 6 heteroatoms. The Hall–Kier alpha value is -2.01. The van der Waals surface area contributed by atoms with Gasteiger partial charge in [0, 0.05) is 12.6 Å². The lowest BCUT2D eigenvalue weighted by Gasteiger charge is -2.42. The number of rotatable bonds is 2. The maximum Gasteiger partial charge on any atom is 0.336 e. The SMILES string of the molecule is CCOC(=O)C1=C(Cl)C(=O)N(C)C2c3ccccc3OCC12. The highest BCUT2D eigenvalue weighted by atomic mass is 35.5. The van der Waals surface area contributed by atoms with Crippen LogP contribution in [0.2, 0.25) is 0 Å². The van der Waals surface area contributed by atoms with Crippen LogP contribution >= 0.6 is 11.6 Å². The highest BCUT2D eigenvalue weighted by Crippen LogP contribution is 2.46. The van der Waals surface area contributed by atoms with Crippen LogP contribution in [0.25, 0.3) is 0 Å². The van der Waals surface area contributed by atoms with Gasteiger partial charge in [-0.2, -0.15) is 0 Å². The number of fused-ring (bicyclic) bond motifs is 3. The second-order valence-electron chi connectivity index (χ2n) is 5.26. The van der Waals surface area contributed by atoms with E-state index in [2.05, 4.69) is 0 Å². The fourth-order valence-corrected chi connectivity index (χ4v) is 3.42. The van der Waals surface area contributed by atoms with Crippen molar-refractivity contribution in [1.29, 1.82) is 0 Å². The van der Waals surface area contributed by atoms with E-state index in [1.807, 2.05) is 24.3 Å². The van der Waals surface area contributed by atoms with E-state index in [9.17, 15) is 9.59 Å². The fourth-order valence-electron chi connectivity index (χ4n) is 3.07. The summed E-state index contributed by atoms with van der Waals surface area (Å²) < 4.78 is 10.8. The summed E-state index contributed by atoms with van der Waals surface area (Å²) in [7, 11) is 1.69. The molecule has 2 aliphatic heterocycles. The van der Waals surface area contributed by atoms with Crippen molar-refractivity contribution in [3.05, 3.63) is 40.4 Å². The lowest BCUT2D eigenvalue weighted by atomic mass is 9.81. The number of amides is 1. The summed E-state index contributed by atoms with van der Waals surface area (Å²) in [6, 6.07) is 7.23. The van der Waals surface area contributed by atoms with Crippen molar-refractivity contribution in [1.82, 2.24) is 4.90 Å². The summed E-state index contributed by atoms with van der Waals surface area (Å²) in [6.07, 6.45) is 0. The van der Waals surface area contributed by atoms with Gasteiger partial charge in [0.15, 0.2) is 0 Å². The van der Waals surface area contributed by atoms with Crippen LogP contribution in [0, 0.1) is 5.92 Å². The van der Waals surface area contributed by atoms with E-state index in [0.29, 0.717) is 0 Å². The molecule has 2 aliphatic rings. The molecule has 0 saturated carbocycles. The third-order valence-electron chi connectivity index (χ3n) is 4.07. The van der Waals surface area contributed by atoms with Gasteiger partial charge in [0.05, 0.1) is 30.7 Å². The highest BCUT2D eigenvalue weighted by molar-refractivity contribution is 6.44. The minimum atomic E-state index is -0.549. The van der Waals surface area contributed by atoms with Crippen molar-refractivity contribution in [2.24, 2.45) is 5.92 Å². The number of para-hydroxylation sites is 1. The maximum absolute atomic E-state index is 12.4. The molecular formula is C16H16ClNO4. The number of nitrogens with zero attached hydrogens (tertiary/aromatic N) is 1. The fraction of sp³-hybridized carbons (Fsp3) is 0.375. The third kappa shape index (κ3) is 2.16. The van der Waals surface area contributed by atoms with Gasteiger partial charge >= 0.3 is 5.97 Å². The molecule has 5 nitrogen and oxygen atoms in total. The molecule has 0 saturated heterocycles. The molecule has 2 heterocycles. The standard InChI is InChI=1S/C16H16ClNO4/c1-3-21-16(20)12-10-8-22-11-7-5-4-6-9(11)14(10)18(2)15(19)13(12)17/h4-7,10,14H,3,8H2,1-2H3. The Bertz CT molecular complexity index is 670. The first-order chi connectivity index (χ1) is 10.6. The van der Waals surface area contributed by atoms with Crippen molar-refractivity contribution < 1.29 is 19.1 Å². The van der Waals surface area contributed by atoms with E-state index in [1.54, 1.807) is 18.9 Å². The number of carbonyl (C=O) groups is 2. The number of hydrogen-bond acceptors (Lipinski definition) is 4. The predicted octanol–water partition coefficient (Wildman–Crippen LogP) is 2.26. The minimum Gasteiger partial charge on any atom is -0.492 e. The van der Waals surface area contributed by atoms with E-state index in [4.69, 9.17) is 21.1 Å². The Morgan fingerprint density at radius 2 is 2.18 bits per heavy atom. The van der Waals surface area contributed by atoms with Crippen LogP contribution in [0.5, 0.6) is 5.75 Å². The molecule has 116 valence electrons. The van der Waals surface area contributed by atoms with Crippen molar-refractivity contribution in [2.75, 3.05) is 20.3 Å². The molecule has 2 unspecified atom stereocenters. The molecular weight excluding hydrogens is 306 g/mol. The largest absolute Gasteiger partial charge is 0.492 e. The lowest BCUT2D eigenvalue weighted by Crippen LogP contribution is -2.46. The van der Waals surface area contributed by atoms with Gasteiger partial charge in [-0.05, 0) is 13.0 Å². The molecule has 1 amide bonds. The first-order valence-corrected chi connectivity index (χ1v) is 7.49. The zero-order chi connectivity index (χ0) is 15.9. The van der Waals surface area contributed by atoms with Crippen LogP contribution < -0.4 is 4.74 Å². The molecule has 0 aromatic heterocycles. The van der Waals surface area contributed by atoms with E-state index in [-0.39, 0.29) is 41.7 Å². The number of hydrogen-bond donors (Lipinski definition) is 0. The minimum absolute atomic E-state index is 0.0785. The van der Waals surface area contributed by atoms with Crippen molar-refractivity contribution in [3.8, 4) is 5.75 Å². The monoisotopic (exact) mass is 321 g/mol. The number of likely N-dealkylation sites (N-methyl/N-ethyl adjacent to an activating group) is 1. The normalized spacial score (nSPS) is 23.6. The number of esters is 1. The van der Waals surface area contributed by atoms with Gasteiger partial charge in [-0.1, -0.05) is 29.8 Å². The number of ether oxygens (including phenoxy) is 2. The number of benzene rings is 1. The zero-order valence-corrected chi connectivity index (χ0v) is 13.1. The summed E-state index contributed by atoms with van der Waals surface area (Å²) in [5, 5.41) is -0.0785. The molecule has 22 heavy (non-hydrogen) atoms. The van der Waals surface area contributed by atoms with Crippen molar-refractivity contribution >= 4 is 23.5 Å². The van der Waals surface area contributed by atoms with Gasteiger partial charge in [0.1, 0.15) is 10.8 Å². The van der Waals surface area contributed by atoms with E-state index < -0.39 is 5.97 Å².